The maximum Gasteiger partial charge on any atom is 0.407 e. The molecule has 8 heteroatoms. The maximum atomic E-state index is 12.9. The molecule has 2 aromatic rings. The number of hydrogen-bond donors (Lipinski definition) is 2. The number of carboxylic acids is 1. The molecule has 2 N–H and O–H groups in total. The highest BCUT2D eigenvalue weighted by Crippen LogP contribution is 2.44. The van der Waals surface area contributed by atoms with Crippen molar-refractivity contribution < 1.29 is 24.2 Å². The molecule has 2 aromatic carbocycles. The molecule has 1 saturated heterocycles. The van der Waals surface area contributed by atoms with Crippen molar-refractivity contribution in [3.63, 3.8) is 0 Å². The lowest BCUT2D eigenvalue weighted by molar-refractivity contribution is -0.149. The largest absolute Gasteiger partial charge is 0.480 e. The summed E-state index contributed by atoms with van der Waals surface area (Å²) in [4.78, 5) is 38.6. The summed E-state index contributed by atoms with van der Waals surface area (Å²) >= 11 is 1.50. The van der Waals surface area contributed by atoms with Gasteiger partial charge in [-0.3, -0.25) is 4.79 Å². The van der Waals surface area contributed by atoms with Crippen LogP contribution in [0.2, 0.25) is 0 Å². The zero-order valence-corrected chi connectivity index (χ0v) is 20.2. The average Bonchev–Trinajstić information content (AvgIpc) is 3.37. The van der Waals surface area contributed by atoms with E-state index in [0.717, 1.165) is 35.1 Å². The Morgan fingerprint density at radius 1 is 1.12 bits per heavy atom. The van der Waals surface area contributed by atoms with E-state index in [0.29, 0.717) is 5.75 Å². The van der Waals surface area contributed by atoms with Crippen molar-refractivity contribution in [1.29, 1.82) is 0 Å². The smallest absolute Gasteiger partial charge is 0.407 e. The van der Waals surface area contributed by atoms with Crippen LogP contribution in [-0.4, -0.2) is 57.8 Å². The number of nitrogens with one attached hydrogen (secondary N) is 1. The summed E-state index contributed by atoms with van der Waals surface area (Å²) < 4.78 is 5.56. The Labute approximate surface area is 203 Å². The van der Waals surface area contributed by atoms with Crippen molar-refractivity contribution >= 4 is 29.7 Å². The third-order valence-electron chi connectivity index (χ3n) is 6.39. The van der Waals surface area contributed by atoms with Crippen molar-refractivity contribution in [2.45, 2.75) is 56.5 Å². The molecule has 2 amide bonds. The number of carbonyl (C=O) groups excluding carboxylic acids is 2. The van der Waals surface area contributed by atoms with Gasteiger partial charge in [-0.25, -0.2) is 9.59 Å². The van der Waals surface area contributed by atoms with E-state index in [1.807, 2.05) is 31.2 Å². The lowest BCUT2D eigenvalue weighted by Crippen LogP contribution is -2.47. The van der Waals surface area contributed by atoms with Crippen LogP contribution in [0.3, 0.4) is 0 Å². The molecule has 1 heterocycles. The second kappa shape index (κ2) is 10.5. The standard InChI is InChI=1S/C26H30N2O5S/c1-3-8-24-28(22(15-34-24)25(30)31)23(29)13-16(2)27-26(32)33-14-21-19-11-6-4-9-17(19)18-10-5-7-12-20(18)21/h4-7,9-12,16,21-22,24H,3,8,13-15H2,1-2H3,(H,27,32)(H,30,31)/t16-,22?,24?/m1/s1. The fourth-order valence-electron chi connectivity index (χ4n) is 4.82. The maximum absolute atomic E-state index is 12.9. The molecule has 2 aliphatic rings. The van der Waals surface area contributed by atoms with Crippen molar-refractivity contribution in [2.75, 3.05) is 12.4 Å². The number of ether oxygens (including phenoxy) is 1. The second-order valence-corrected chi connectivity index (χ2v) is 10.0. The van der Waals surface area contributed by atoms with Crippen molar-refractivity contribution in [3.8, 4) is 11.1 Å². The first-order valence-corrected chi connectivity index (χ1v) is 12.7. The van der Waals surface area contributed by atoms with Gasteiger partial charge in [0.1, 0.15) is 12.6 Å². The predicted octanol–water partition coefficient (Wildman–Crippen LogP) is 4.46. The molecule has 2 unspecified atom stereocenters. The summed E-state index contributed by atoms with van der Waals surface area (Å²) in [6.07, 6.45) is 1.04. The SMILES string of the molecule is CCCC1SCC(C(=O)O)N1C(=O)C[C@@H](C)NC(=O)OCC1c2ccccc2-c2ccccc21. The fourth-order valence-corrected chi connectivity index (χ4v) is 6.35. The lowest BCUT2D eigenvalue weighted by Gasteiger charge is -2.28. The fraction of sp³-hybridized carbons (Fsp3) is 0.423. The van der Waals surface area contributed by atoms with E-state index < -0.39 is 24.1 Å². The number of hydrogen-bond acceptors (Lipinski definition) is 5. The van der Waals surface area contributed by atoms with E-state index in [1.165, 1.54) is 16.7 Å². The third kappa shape index (κ3) is 4.92. The van der Waals surface area contributed by atoms with Crippen LogP contribution < -0.4 is 5.32 Å². The van der Waals surface area contributed by atoms with E-state index >= 15 is 0 Å². The van der Waals surface area contributed by atoms with Crippen LogP contribution in [0, 0.1) is 0 Å². The van der Waals surface area contributed by atoms with Gasteiger partial charge >= 0.3 is 12.1 Å². The normalized spacial score (nSPS) is 19.9. The van der Waals surface area contributed by atoms with Gasteiger partial charge in [-0.1, -0.05) is 61.9 Å². The lowest BCUT2D eigenvalue weighted by atomic mass is 9.98. The first-order valence-electron chi connectivity index (χ1n) is 11.7. The zero-order chi connectivity index (χ0) is 24.2. The molecule has 34 heavy (non-hydrogen) atoms. The highest BCUT2D eigenvalue weighted by molar-refractivity contribution is 8.00. The average molecular weight is 483 g/mol. The van der Waals surface area contributed by atoms with E-state index in [9.17, 15) is 19.5 Å². The summed E-state index contributed by atoms with van der Waals surface area (Å²) in [6.45, 7) is 3.94. The summed E-state index contributed by atoms with van der Waals surface area (Å²) in [5, 5.41) is 12.1. The van der Waals surface area contributed by atoms with Crippen LogP contribution in [0.4, 0.5) is 4.79 Å². The minimum absolute atomic E-state index is 0.0226. The summed E-state index contributed by atoms with van der Waals surface area (Å²) in [5.41, 5.74) is 4.58. The Morgan fingerprint density at radius 3 is 2.32 bits per heavy atom. The molecule has 0 radical (unpaired) electrons. The Balaban J connectivity index is 1.34. The van der Waals surface area contributed by atoms with Gasteiger partial charge in [0.05, 0.1) is 5.37 Å². The van der Waals surface area contributed by atoms with E-state index in [-0.39, 0.29) is 30.2 Å². The highest BCUT2D eigenvalue weighted by Gasteiger charge is 2.41. The highest BCUT2D eigenvalue weighted by atomic mass is 32.2. The van der Waals surface area contributed by atoms with Gasteiger partial charge < -0.3 is 20.1 Å². The molecule has 180 valence electrons. The molecular weight excluding hydrogens is 452 g/mol. The molecule has 7 nitrogen and oxygen atoms in total. The predicted molar refractivity (Wildman–Crippen MR) is 132 cm³/mol. The summed E-state index contributed by atoms with van der Waals surface area (Å²) in [7, 11) is 0. The Bertz CT molecular complexity index is 1030. The molecule has 0 spiro atoms. The van der Waals surface area contributed by atoms with Crippen molar-refractivity contribution in [2.24, 2.45) is 0 Å². The van der Waals surface area contributed by atoms with Crippen molar-refractivity contribution in [1.82, 2.24) is 10.2 Å². The molecule has 1 fully saturated rings. The van der Waals surface area contributed by atoms with E-state index in [4.69, 9.17) is 4.74 Å². The van der Waals surface area contributed by atoms with Gasteiger partial charge in [-0.05, 0) is 35.6 Å². The first-order chi connectivity index (χ1) is 16.4. The molecule has 0 aromatic heterocycles. The van der Waals surface area contributed by atoms with Crippen LogP contribution in [-0.2, 0) is 14.3 Å². The van der Waals surface area contributed by atoms with Crippen LogP contribution in [0.5, 0.6) is 0 Å². The first kappa shape index (κ1) is 24.1. The minimum atomic E-state index is -0.989. The molecular formula is C26H30N2O5S. The number of benzene rings is 2. The van der Waals surface area contributed by atoms with Crippen LogP contribution >= 0.6 is 11.8 Å². The number of amides is 2. The van der Waals surface area contributed by atoms with E-state index in [1.54, 1.807) is 6.92 Å². The number of rotatable bonds is 8. The Hall–Kier alpha value is -3.00. The number of carbonyl (C=O) groups is 3. The van der Waals surface area contributed by atoms with E-state index in [2.05, 4.69) is 29.6 Å². The summed E-state index contributed by atoms with van der Waals surface area (Å²) in [6, 6.07) is 14.9. The molecule has 4 rings (SSSR count). The number of alkyl carbamates (subject to hydrolysis) is 1. The minimum Gasteiger partial charge on any atom is -0.480 e. The number of nitrogens with zero attached hydrogens (tertiary/aromatic N) is 1. The Morgan fingerprint density at radius 2 is 1.74 bits per heavy atom. The zero-order valence-electron chi connectivity index (χ0n) is 19.4. The number of fused-ring (bicyclic) bond motifs is 3. The van der Waals surface area contributed by atoms with Gasteiger partial charge in [0.15, 0.2) is 0 Å². The van der Waals surface area contributed by atoms with Gasteiger partial charge in [-0.2, -0.15) is 0 Å². The summed E-state index contributed by atoms with van der Waals surface area (Å²) in [5.74, 6) is -0.901. The number of aliphatic carboxylic acids is 1. The molecule has 0 saturated carbocycles. The quantitative estimate of drug-likeness (QED) is 0.577. The van der Waals surface area contributed by atoms with Gasteiger partial charge in [0.2, 0.25) is 5.91 Å². The van der Waals surface area contributed by atoms with Gasteiger partial charge in [-0.15, -0.1) is 11.8 Å². The molecule has 0 bridgehead atoms. The molecule has 3 atom stereocenters. The van der Waals surface area contributed by atoms with Crippen LogP contribution in [0.25, 0.3) is 11.1 Å². The van der Waals surface area contributed by atoms with Gasteiger partial charge in [0.25, 0.3) is 0 Å². The number of carboxylic acid groups (broad SMARTS) is 1. The Kier molecular flexibility index (Phi) is 7.46. The van der Waals surface area contributed by atoms with Gasteiger partial charge in [0, 0.05) is 24.1 Å². The van der Waals surface area contributed by atoms with Crippen LogP contribution in [0.1, 0.15) is 50.2 Å². The van der Waals surface area contributed by atoms with Crippen LogP contribution in [0.15, 0.2) is 48.5 Å². The number of thioether (sulfide) groups is 1. The molecule has 1 aliphatic heterocycles. The second-order valence-electron chi connectivity index (χ2n) is 8.81. The molecule has 1 aliphatic carbocycles. The third-order valence-corrected chi connectivity index (χ3v) is 7.75. The van der Waals surface area contributed by atoms with Crippen molar-refractivity contribution in [3.05, 3.63) is 59.7 Å². The monoisotopic (exact) mass is 482 g/mol. The topological polar surface area (TPSA) is 95.9 Å².